The first-order valence-corrected chi connectivity index (χ1v) is 8.76. The number of halogens is 3. The Morgan fingerprint density at radius 3 is 2.38 bits per heavy atom. The summed E-state index contributed by atoms with van der Waals surface area (Å²) in [4.78, 5) is 0. The molecule has 0 fully saturated rings. The average Bonchev–Trinajstić information content (AvgIpc) is 2.44. The van der Waals surface area contributed by atoms with E-state index in [1.807, 2.05) is 32.0 Å². The molecule has 2 rings (SSSR count). The van der Waals surface area contributed by atoms with Crippen LogP contribution < -0.4 is 5.32 Å². The van der Waals surface area contributed by atoms with Crippen LogP contribution in [0, 0.1) is 23.2 Å². The normalized spacial score (nSPS) is 12.5. The van der Waals surface area contributed by atoms with Gasteiger partial charge in [-0.25, -0.2) is 4.39 Å². The van der Waals surface area contributed by atoms with Gasteiger partial charge in [0.15, 0.2) is 0 Å². The highest BCUT2D eigenvalue weighted by Crippen LogP contribution is 2.30. The van der Waals surface area contributed by atoms with Gasteiger partial charge in [-0.1, -0.05) is 35.0 Å². The molecule has 0 spiro atoms. The van der Waals surface area contributed by atoms with Crippen LogP contribution in [-0.2, 0) is 0 Å². The van der Waals surface area contributed by atoms with Gasteiger partial charge in [0.05, 0.1) is 6.04 Å². The molecule has 0 amide bonds. The smallest absolute Gasteiger partial charge is 0.129 e. The third-order valence-electron chi connectivity index (χ3n) is 3.47. The van der Waals surface area contributed by atoms with Crippen molar-refractivity contribution in [3.05, 3.63) is 66.4 Å². The van der Waals surface area contributed by atoms with Crippen molar-refractivity contribution in [1.82, 2.24) is 5.32 Å². The molecular weight excluding hydrogens is 444 g/mol. The van der Waals surface area contributed by atoms with Gasteiger partial charge in [-0.05, 0) is 83.4 Å². The zero-order valence-corrected chi connectivity index (χ0v) is 16.0. The summed E-state index contributed by atoms with van der Waals surface area (Å²) in [5.74, 6) is -0.113. The lowest BCUT2D eigenvalue weighted by Gasteiger charge is -2.22. The fourth-order valence-electron chi connectivity index (χ4n) is 2.49. The molecule has 0 radical (unpaired) electrons. The van der Waals surface area contributed by atoms with Crippen molar-refractivity contribution < 1.29 is 4.39 Å². The predicted octanol–water partition coefficient (Wildman–Crippen LogP) is 5.51. The first kappa shape index (κ1) is 16.9. The van der Waals surface area contributed by atoms with Gasteiger partial charge < -0.3 is 5.32 Å². The number of benzene rings is 2. The molecule has 2 aromatic carbocycles. The molecule has 1 atom stereocenters. The second-order valence-electron chi connectivity index (χ2n) is 5.13. The molecule has 0 aromatic heterocycles. The van der Waals surface area contributed by atoms with Gasteiger partial charge in [-0.15, -0.1) is 0 Å². The van der Waals surface area contributed by atoms with Crippen molar-refractivity contribution in [2.24, 2.45) is 0 Å². The van der Waals surface area contributed by atoms with E-state index in [9.17, 15) is 4.39 Å². The van der Waals surface area contributed by atoms with Crippen molar-refractivity contribution in [3.63, 3.8) is 0 Å². The number of nitrogens with one attached hydrogen (secondary N) is 1. The van der Waals surface area contributed by atoms with E-state index < -0.39 is 0 Å². The molecule has 1 unspecified atom stereocenters. The Bertz CT molecular complexity index is 634. The van der Waals surface area contributed by atoms with E-state index in [2.05, 4.69) is 62.9 Å². The maximum Gasteiger partial charge on any atom is 0.129 e. The highest BCUT2D eigenvalue weighted by molar-refractivity contribution is 14.1. The molecule has 112 valence electrons. The van der Waals surface area contributed by atoms with Crippen LogP contribution in [0.3, 0.4) is 0 Å². The van der Waals surface area contributed by atoms with Crippen LogP contribution >= 0.6 is 38.5 Å². The number of hydrogen-bond donors (Lipinski definition) is 1. The highest BCUT2D eigenvalue weighted by Gasteiger charge is 2.18. The van der Waals surface area contributed by atoms with Gasteiger partial charge in [-0.3, -0.25) is 0 Å². The van der Waals surface area contributed by atoms with E-state index in [1.165, 1.54) is 9.13 Å². The van der Waals surface area contributed by atoms with E-state index in [1.54, 1.807) is 0 Å². The molecule has 0 aliphatic carbocycles. The summed E-state index contributed by atoms with van der Waals surface area (Å²) in [7, 11) is 0. The molecule has 0 heterocycles. The van der Waals surface area contributed by atoms with Gasteiger partial charge in [-0.2, -0.15) is 0 Å². The predicted molar refractivity (Wildman–Crippen MR) is 98.3 cm³/mol. The first-order chi connectivity index (χ1) is 9.93. The molecule has 0 saturated heterocycles. The average molecular weight is 462 g/mol. The topological polar surface area (TPSA) is 12.0 Å². The van der Waals surface area contributed by atoms with Crippen LogP contribution in [0.25, 0.3) is 0 Å². The Balaban J connectivity index is 2.56. The molecule has 0 aliphatic heterocycles. The van der Waals surface area contributed by atoms with E-state index in [-0.39, 0.29) is 11.9 Å². The minimum atomic E-state index is -0.113. The third kappa shape index (κ3) is 3.85. The molecule has 4 heteroatoms. The van der Waals surface area contributed by atoms with Gasteiger partial charge in [0.1, 0.15) is 5.82 Å². The van der Waals surface area contributed by atoms with Crippen molar-refractivity contribution >= 4 is 38.5 Å². The summed E-state index contributed by atoms with van der Waals surface area (Å²) in [6, 6.07) is 10.2. The number of aryl methyl sites for hydroxylation is 2. The van der Waals surface area contributed by atoms with Crippen LogP contribution in [0.2, 0.25) is 0 Å². The van der Waals surface area contributed by atoms with Crippen LogP contribution in [0.15, 0.2) is 34.8 Å². The fraction of sp³-hybridized carbons (Fsp3) is 0.294. The molecular formula is C17H18BrFIN. The Kier molecular flexibility index (Phi) is 5.80. The minimum Gasteiger partial charge on any atom is -0.306 e. The lowest BCUT2D eigenvalue weighted by molar-refractivity contribution is 0.598. The summed E-state index contributed by atoms with van der Waals surface area (Å²) in [6.45, 7) is 6.57. The maximum absolute atomic E-state index is 13.9. The summed E-state index contributed by atoms with van der Waals surface area (Å²) < 4.78 is 16.1. The first-order valence-electron chi connectivity index (χ1n) is 6.89. The molecule has 1 nitrogen and oxygen atoms in total. The molecule has 1 N–H and O–H groups in total. The lowest BCUT2D eigenvalue weighted by Crippen LogP contribution is -2.23. The molecule has 0 aliphatic rings. The van der Waals surface area contributed by atoms with Crippen molar-refractivity contribution in [1.29, 1.82) is 0 Å². The third-order valence-corrected chi connectivity index (χ3v) is 4.95. The largest absolute Gasteiger partial charge is 0.306 e. The Hall–Kier alpha value is -0.460. The molecule has 2 aromatic rings. The second kappa shape index (κ2) is 7.20. The summed E-state index contributed by atoms with van der Waals surface area (Å²) >= 11 is 5.89. The summed E-state index contributed by atoms with van der Waals surface area (Å²) in [5, 5.41) is 3.51. The molecule has 0 bridgehead atoms. The van der Waals surface area contributed by atoms with E-state index in [0.717, 1.165) is 16.6 Å². The molecule has 21 heavy (non-hydrogen) atoms. The summed E-state index contributed by atoms with van der Waals surface area (Å²) in [6.07, 6.45) is 0. The van der Waals surface area contributed by atoms with Crippen molar-refractivity contribution in [3.8, 4) is 0 Å². The summed E-state index contributed by atoms with van der Waals surface area (Å²) in [5.41, 5.74) is 3.69. The SMILES string of the molecule is CCNC(c1cc(C)c(F)c(C)c1)c1cc(Br)ccc1I. The standard InChI is InChI=1S/C17H18BrFIN/c1-4-21-17(14-9-13(18)5-6-15(14)20)12-7-10(2)16(19)11(3)8-12/h5-9,17,21H,4H2,1-3H3. The number of hydrogen-bond acceptors (Lipinski definition) is 1. The van der Waals surface area contributed by atoms with E-state index in [4.69, 9.17) is 0 Å². The molecule has 0 saturated carbocycles. The zero-order valence-electron chi connectivity index (χ0n) is 12.3. The fourth-order valence-corrected chi connectivity index (χ4v) is 3.52. The van der Waals surface area contributed by atoms with Crippen molar-refractivity contribution in [2.45, 2.75) is 26.8 Å². The second-order valence-corrected chi connectivity index (χ2v) is 7.20. The monoisotopic (exact) mass is 461 g/mol. The highest BCUT2D eigenvalue weighted by atomic mass is 127. The van der Waals surface area contributed by atoms with Gasteiger partial charge in [0.2, 0.25) is 0 Å². The van der Waals surface area contributed by atoms with Gasteiger partial charge in [0.25, 0.3) is 0 Å². The Labute approximate surface area is 147 Å². The maximum atomic E-state index is 13.9. The van der Waals surface area contributed by atoms with Crippen LogP contribution in [0.1, 0.15) is 35.2 Å². The number of rotatable bonds is 4. The minimum absolute atomic E-state index is 0.0670. The Morgan fingerprint density at radius 2 is 1.81 bits per heavy atom. The van der Waals surface area contributed by atoms with E-state index in [0.29, 0.717) is 11.1 Å². The van der Waals surface area contributed by atoms with Crippen molar-refractivity contribution in [2.75, 3.05) is 6.54 Å². The van der Waals surface area contributed by atoms with Crippen LogP contribution in [0.4, 0.5) is 4.39 Å². The Morgan fingerprint density at radius 1 is 1.19 bits per heavy atom. The zero-order chi connectivity index (χ0) is 15.6. The quantitative estimate of drug-likeness (QED) is 0.592. The van der Waals surface area contributed by atoms with Crippen LogP contribution in [0.5, 0.6) is 0 Å². The van der Waals surface area contributed by atoms with Gasteiger partial charge in [0, 0.05) is 8.04 Å². The van der Waals surface area contributed by atoms with E-state index >= 15 is 0 Å². The van der Waals surface area contributed by atoms with Crippen LogP contribution in [-0.4, -0.2) is 6.54 Å². The lowest BCUT2D eigenvalue weighted by atomic mass is 9.95. The van der Waals surface area contributed by atoms with Gasteiger partial charge >= 0.3 is 0 Å².